The largest absolute Gasteiger partial charge is 0.416 e. The van der Waals surface area contributed by atoms with Crippen molar-refractivity contribution in [3.63, 3.8) is 0 Å². The molecule has 1 unspecified atom stereocenters. The van der Waals surface area contributed by atoms with Gasteiger partial charge >= 0.3 is 12.2 Å². The molecule has 1 aliphatic rings. The number of carbonyl (C=O) groups is 1. The molecule has 0 aliphatic carbocycles. The van der Waals surface area contributed by atoms with Crippen molar-refractivity contribution < 1.29 is 23.1 Å². The van der Waals surface area contributed by atoms with E-state index in [9.17, 15) is 23.1 Å². The van der Waals surface area contributed by atoms with E-state index in [4.69, 9.17) is 0 Å². The predicted octanol–water partition coefficient (Wildman–Crippen LogP) is 4.74. The van der Waals surface area contributed by atoms with Crippen LogP contribution in [0, 0.1) is 5.92 Å². The lowest BCUT2D eigenvalue weighted by atomic mass is 9.90. The number of amides is 2. The Morgan fingerprint density at radius 2 is 1.96 bits per heavy atom. The van der Waals surface area contributed by atoms with Crippen LogP contribution in [0.15, 0.2) is 41.8 Å². The van der Waals surface area contributed by atoms with Crippen molar-refractivity contribution in [2.75, 3.05) is 18.4 Å². The standard InChI is InChI=1S/C18H19F3N2O2S/c19-18(20,21)13-3-1-4-14(11-13)22-17(25)23-8-6-12(7-9-23)16(24)15-5-2-10-26-15/h1-5,10-12,16,24H,6-9H2,(H,22,25). The van der Waals surface area contributed by atoms with E-state index in [-0.39, 0.29) is 11.6 Å². The molecule has 0 bridgehead atoms. The first kappa shape index (κ1) is 18.7. The van der Waals surface area contributed by atoms with Gasteiger partial charge in [0.05, 0.1) is 11.7 Å². The topological polar surface area (TPSA) is 52.6 Å². The van der Waals surface area contributed by atoms with Gasteiger partial charge < -0.3 is 15.3 Å². The molecular weight excluding hydrogens is 365 g/mol. The first-order chi connectivity index (χ1) is 12.3. The van der Waals surface area contributed by atoms with E-state index in [0.717, 1.165) is 17.0 Å². The van der Waals surface area contributed by atoms with Gasteiger partial charge in [0, 0.05) is 23.7 Å². The van der Waals surface area contributed by atoms with Crippen molar-refractivity contribution >= 4 is 23.1 Å². The molecule has 0 saturated carbocycles. The van der Waals surface area contributed by atoms with Crippen LogP contribution in [0.1, 0.15) is 29.4 Å². The van der Waals surface area contributed by atoms with Crippen LogP contribution in [0.4, 0.5) is 23.7 Å². The second-order valence-electron chi connectivity index (χ2n) is 6.29. The predicted molar refractivity (Wildman–Crippen MR) is 94.0 cm³/mol. The maximum atomic E-state index is 12.7. The number of nitrogens with one attached hydrogen (secondary N) is 1. The summed E-state index contributed by atoms with van der Waals surface area (Å²) in [6, 6.07) is 7.94. The Morgan fingerprint density at radius 1 is 1.23 bits per heavy atom. The minimum atomic E-state index is -4.45. The molecule has 1 saturated heterocycles. The number of halogens is 3. The number of urea groups is 1. The number of aliphatic hydroxyl groups excluding tert-OH is 1. The third kappa shape index (κ3) is 4.37. The van der Waals surface area contributed by atoms with Crippen molar-refractivity contribution in [3.05, 3.63) is 52.2 Å². The van der Waals surface area contributed by atoms with Crippen LogP contribution in [0.3, 0.4) is 0 Å². The Morgan fingerprint density at radius 3 is 2.58 bits per heavy atom. The number of thiophene rings is 1. The average molecular weight is 384 g/mol. The number of piperidine rings is 1. The van der Waals surface area contributed by atoms with Crippen molar-refractivity contribution in [3.8, 4) is 0 Å². The van der Waals surface area contributed by atoms with Crippen molar-refractivity contribution in [1.82, 2.24) is 4.90 Å². The average Bonchev–Trinajstić information content (AvgIpc) is 3.15. The van der Waals surface area contributed by atoms with Crippen LogP contribution in [-0.4, -0.2) is 29.1 Å². The van der Waals surface area contributed by atoms with E-state index in [2.05, 4.69) is 5.32 Å². The SMILES string of the molecule is O=C(Nc1cccc(C(F)(F)F)c1)N1CCC(C(O)c2cccs2)CC1. The molecule has 2 amide bonds. The van der Waals surface area contributed by atoms with E-state index < -0.39 is 23.9 Å². The summed E-state index contributed by atoms with van der Waals surface area (Å²) < 4.78 is 38.2. The molecule has 2 aromatic rings. The van der Waals surface area contributed by atoms with Crippen molar-refractivity contribution in [1.29, 1.82) is 0 Å². The Bertz CT molecular complexity index is 741. The van der Waals surface area contributed by atoms with Gasteiger partial charge in [-0.3, -0.25) is 0 Å². The fraction of sp³-hybridized carbons (Fsp3) is 0.389. The molecule has 1 fully saturated rings. The van der Waals surface area contributed by atoms with Crippen LogP contribution >= 0.6 is 11.3 Å². The number of benzene rings is 1. The van der Waals surface area contributed by atoms with Crippen LogP contribution in [0.25, 0.3) is 0 Å². The van der Waals surface area contributed by atoms with Crippen LogP contribution in [0.5, 0.6) is 0 Å². The number of hydrogen-bond acceptors (Lipinski definition) is 3. The van der Waals surface area contributed by atoms with Crippen molar-refractivity contribution in [2.45, 2.75) is 25.1 Å². The second-order valence-corrected chi connectivity index (χ2v) is 7.27. The van der Waals surface area contributed by atoms with E-state index in [1.165, 1.54) is 23.5 Å². The van der Waals surface area contributed by atoms with Crippen LogP contribution in [-0.2, 0) is 6.18 Å². The molecule has 4 nitrogen and oxygen atoms in total. The quantitative estimate of drug-likeness (QED) is 0.803. The summed E-state index contributed by atoms with van der Waals surface area (Å²) in [4.78, 5) is 14.8. The third-order valence-electron chi connectivity index (χ3n) is 4.55. The minimum absolute atomic E-state index is 0.0752. The van der Waals surface area contributed by atoms with Gasteiger partial charge in [-0.05, 0) is 48.4 Å². The lowest BCUT2D eigenvalue weighted by Crippen LogP contribution is -2.42. The summed E-state index contributed by atoms with van der Waals surface area (Å²) >= 11 is 1.50. The maximum Gasteiger partial charge on any atom is 0.416 e. The number of likely N-dealkylation sites (tertiary alicyclic amines) is 1. The van der Waals surface area contributed by atoms with E-state index in [1.54, 1.807) is 4.90 Å². The molecule has 8 heteroatoms. The monoisotopic (exact) mass is 384 g/mol. The van der Waals surface area contributed by atoms with Gasteiger partial charge in [0.2, 0.25) is 0 Å². The summed E-state index contributed by atoms with van der Waals surface area (Å²) in [5.74, 6) is 0.0752. The third-order valence-corrected chi connectivity index (χ3v) is 5.49. The Labute approximate surface area is 153 Å². The Kier molecular flexibility index (Phi) is 5.52. The zero-order valence-electron chi connectivity index (χ0n) is 13.9. The highest BCUT2D eigenvalue weighted by Gasteiger charge is 2.31. The number of alkyl halides is 3. The summed E-state index contributed by atoms with van der Waals surface area (Å²) in [5, 5.41) is 14.8. The number of hydrogen-bond donors (Lipinski definition) is 2. The molecule has 0 spiro atoms. The lowest BCUT2D eigenvalue weighted by molar-refractivity contribution is -0.137. The molecule has 2 heterocycles. The number of carbonyl (C=O) groups excluding carboxylic acids is 1. The zero-order valence-corrected chi connectivity index (χ0v) is 14.7. The number of aliphatic hydroxyl groups is 1. The maximum absolute atomic E-state index is 12.7. The van der Waals surface area contributed by atoms with E-state index >= 15 is 0 Å². The minimum Gasteiger partial charge on any atom is -0.387 e. The summed E-state index contributed by atoms with van der Waals surface area (Å²) in [5.41, 5.74) is -0.682. The van der Waals surface area contributed by atoms with Gasteiger partial charge in [0.15, 0.2) is 0 Å². The molecule has 1 aromatic carbocycles. The molecule has 140 valence electrons. The van der Waals surface area contributed by atoms with Gasteiger partial charge in [-0.1, -0.05) is 12.1 Å². The normalized spacial score (nSPS) is 17.2. The second kappa shape index (κ2) is 7.67. The fourth-order valence-corrected chi connectivity index (χ4v) is 3.89. The molecule has 26 heavy (non-hydrogen) atoms. The Balaban J connectivity index is 1.56. The zero-order chi connectivity index (χ0) is 18.7. The number of anilines is 1. The van der Waals surface area contributed by atoms with Crippen LogP contribution < -0.4 is 5.32 Å². The molecule has 1 aliphatic heterocycles. The summed E-state index contributed by atoms with van der Waals surface area (Å²) in [6.07, 6.45) is -3.69. The highest BCUT2D eigenvalue weighted by Crippen LogP contribution is 2.33. The van der Waals surface area contributed by atoms with Gasteiger partial charge in [-0.25, -0.2) is 4.79 Å². The molecule has 1 atom stereocenters. The highest BCUT2D eigenvalue weighted by molar-refractivity contribution is 7.10. The Hall–Kier alpha value is -2.06. The number of rotatable bonds is 3. The molecule has 2 N–H and O–H groups in total. The molecule has 1 aromatic heterocycles. The van der Waals surface area contributed by atoms with Gasteiger partial charge in [0.1, 0.15) is 0 Å². The lowest BCUT2D eigenvalue weighted by Gasteiger charge is -2.34. The molecule has 0 radical (unpaired) electrons. The summed E-state index contributed by atoms with van der Waals surface area (Å²) in [7, 11) is 0. The molecule has 3 rings (SSSR count). The van der Waals surface area contributed by atoms with E-state index in [1.807, 2.05) is 17.5 Å². The highest BCUT2D eigenvalue weighted by atomic mass is 32.1. The summed E-state index contributed by atoms with van der Waals surface area (Å²) in [6.45, 7) is 0.912. The van der Waals surface area contributed by atoms with Crippen LogP contribution in [0.2, 0.25) is 0 Å². The first-order valence-corrected chi connectivity index (χ1v) is 9.17. The number of nitrogens with zero attached hydrogens (tertiary/aromatic N) is 1. The smallest absolute Gasteiger partial charge is 0.387 e. The van der Waals surface area contributed by atoms with Crippen molar-refractivity contribution in [2.24, 2.45) is 5.92 Å². The van der Waals surface area contributed by atoms with Gasteiger partial charge in [0.25, 0.3) is 0 Å². The van der Waals surface area contributed by atoms with Gasteiger partial charge in [-0.2, -0.15) is 13.2 Å². The fourth-order valence-electron chi connectivity index (χ4n) is 3.09. The molecular formula is C18H19F3N2O2S. The van der Waals surface area contributed by atoms with Gasteiger partial charge in [-0.15, -0.1) is 11.3 Å². The van der Waals surface area contributed by atoms with E-state index in [0.29, 0.717) is 25.9 Å². The first-order valence-electron chi connectivity index (χ1n) is 8.29.